The summed E-state index contributed by atoms with van der Waals surface area (Å²) in [6, 6.07) is 17.9. The van der Waals surface area contributed by atoms with E-state index in [2.05, 4.69) is 74.6 Å². The van der Waals surface area contributed by atoms with Crippen molar-refractivity contribution in [2.75, 3.05) is 12.3 Å². The van der Waals surface area contributed by atoms with Crippen LogP contribution in [0.5, 0.6) is 0 Å². The molecule has 0 saturated carbocycles. The minimum absolute atomic E-state index is 0.413. The fourth-order valence-corrected chi connectivity index (χ4v) is 3.53. The first-order valence-corrected chi connectivity index (χ1v) is 8.67. The van der Waals surface area contributed by atoms with Gasteiger partial charge in [-0.15, -0.1) is 11.8 Å². The van der Waals surface area contributed by atoms with Crippen LogP contribution in [0.25, 0.3) is 0 Å². The Balaban J connectivity index is 2.07. The number of benzene rings is 2. The van der Waals surface area contributed by atoms with E-state index in [-0.39, 0.29) is 0 Å². The summed E-state index contributed by atoms with van der Waals surface area (Å²) in [5.74, 6) is 1.06. The average Bonchev–Trinajstić information content (AvgIpc) is 2.51. The van der Waals surface area contributed by atoms with Gasteiger partial charge in [-0.2, -0.15) is 0 Å². The normalized spacial score (nSPS) is 12.3. The predicted octanol–water partition coefficient (Wildman–Crippen LogP) is 5.14. The summed E-state index contributed by atoms with van der Waals surface area (Å²) in [5.41, 5.74) is 4.08. The average molecular weight is 299 g/mol. The van der Waals surface area contributed by atoms with Gasteiger partial charge in [-0.1, -0.05) is 55.0 Å². The Morgan fingerprint density at radius 1 is 1.05 bits per heavy atom. The molecule has 112 valence electrons. The third-order valence-electron chi connectivity index (χ3n) is 3.59. The molecule has 2 rings (SSSR count). The fraction of sp³-hybridized carbons (Fsp3) is 0.368. The molecular formula is C19H25NS. The Morgan fingerprint density at radius 2 is 1.81 bits per heavy atom. The van der Waals surface area contributed by atoms with Crippen molar-refractivity contribution in [3.05, 3.63) is 65.2 Å². The molecular weight excluding hydrogens is 274 g/mol. The van der Waals surface area contributed by atoms with Gasteiger partial charge in [-0.05, 0) is 44.0 Å². The topological polar surface area (TPSA) is 12.0 Å². The van der Waals surface area contributed by atoms with Crippen LogP contribution in [0.1, 0.15) is 36.1 Å². The lowest BCUT2D eigenvalue weighted by Crippen LogP contribution is -2.24. The summed E-state index contributed by atoms with van der Waals surface area (Å²) in [6.45, 7) is 7.63. The van der Waals surface area contributed by atoms with Gasteiger partial charge in [0.1, 0.15) is 0 Å². The Bertz CT molecular complexity index is 551. The predicted molar refractivity (Wildman–Crippen MR) is 94.1 cm³/mol. The smallest absolute Gasteiger partial charge is 0.0415 e. The van der Waals surface area contributed by atoms with Crippen LogP contribution in [-0.4, -0.2) is 12.3 Å². The standard InChI is InChI=1S/C19H25NS/c1-4-12-20-18(17-8-6-5-7-9-17)14-21-19-13-15(2)10-11-16(19)3/h5-11,13,18,20H,4,12,14H2,1-3H3. The maximum absolute atomic E-state index is 3.67. The van der Waals surface area contributed by atoms with Gasteiger partial charge >= 0.3 is 0 Å². The number of nitrogens with one attached hydrogen (secondary N) is 1. The third-order valence-corrected chi connectivity index (χ3v) is 4.84. The van der Waals surface area contributed by atoms with E-state index >= 15 is 0 Å². The number of hydrogen-bond donors (Lipinski definition) is 1. The summed E-state index contributed by atoms with van der Waals surface area (Å²) >= 11 is 1.95. The summed E-state index contributed by atoms with van der Waals surface area (Å²) < 4.78 is 0. The summed E-state index contributed by atoms with van der Waals surface area (Å²) in [6.07, 6.45) is 1.16. The lowest BCUT2D eigenvalue weighted by atomic mass is 10.1. The monoisotopic (exact) mass is 299 g/mol. The van der Waals surface area contributed by atoms with E-state index in [9.17, 15) is 0 Å². The molecule has 0 spiro atoms. The first kappa shape index (κ1) is 16.1. The molecule has 0 aliphatic heterocycles. The van der Waals surface area contributed by atoms with Crippen LogP contribution in [0, 0.1) is 13.8 Å². The molecule has 1 N–H and O–H groups in total. The van der Waals surface area contributed by atoms with E-state index in [1.54, 1.807) is 0 Å². The van der Waals surface area contributed by atoms with E-state index in [1.165, 1.54) is 21.6 Å². The van der Waals surface area contributed by atoms with Crippen molar-refractivity contribution in [1.82, 2.24) is 5.32 Å². The molecule has 1 atom stereocenters. The van der Waals surface area contributed by atoms with Gasteiger partial charge in [0.2, 0.25) is 0 Å². The lowest BCUT2D eigenvalue weighted by Gasteiger charge is -2.19. The summed E-state index contributed by atoms with van der Waals surface area (Å²) in [7, 11) is 0. The lowest BCUT2D eigenvalue weighted by molar-refractivity contribution is 0.577. The van der Waals surface area contributed by atoms with Gasteiger partial charge in [0, 0.05) is 16.7 Å². The number of thioether (sulfide) groups is 1. The van der Waals surface area contributed by atoms with Gasteiger partial charge in [-0.25, -0.2) is 0 Å². The van der Waals surface area contributed by atoms with Crippen molar-refractivity contribution in [1.29, 1.82) is 0 Å². The number of hydrogen-bond acceptors (Lipinski definition) is 2. The fourth-order valence-electron chi connectivity index (χ4n) is 2.31. The SMILES string of the molecule is CCCNC(CSc1cc(C)ccc1C)c1ccccc1. The molecule has 2 aromatic carbocycles. The van der Waals surface area contributed by atoms with E-state index in [4.69, 9.17) is 0 Å². The van der Waals surface area contributed by atoms with Crippen molar-refractivity contribution in [3.63, 3.8) is 0 Å². The van der Waals surface area contributed by atoms with Gasteiger partial charge in [-0.3, -0.25) is 0 Å². The van der Waals surface area contributed by atoms with Crippen LogP contribution >= 0.6 is 11.8 Å². The zero-order valence-corrected chi connectivity index (χ0v) is 14.0. The molecule has 0 bridgehead atoms. The van der Waals surface area contributed by atoms with E-state index < -0.39 is 0 Å². The van der Waals surface area contributed by atoms with Gasteiger partial charge < -0.3 is 5.32 Å². The van der Waals surface area contributed by atoms with Crippen LogP contribution in [0.4, 0.5) is 0 Å². The largest absolute Gasteiger partial charge is 0.309 e. The van der Waals surface area contributed by atoms with Crippen molar-refractivity contribution < 1.29 is 0 Å². The Hall–Kier alpha value is -1.25. The summed E-state index contributed by atoms with van der Waals surface area (Å²) in [4.78, 5) is 1.40. The molecule has 2 aromatic rings. The highest BCUT2D eigenvalue weighted by Gasteiger charge is 2.11. The molecule has 21 heavy (non-hydrogen) atoms. The quantitative estimate of drug-likeness (QED) is 0.711. The third kappa shape index (κ3) is 4.90. The molecule has 0 fully saturated rings. The Morgan fingerprint density at radius 3 is 2.52 bits per heavy atom. The molecule has 2 heteroatoms. The molecule has 0 heterocycles. The molecule has 0 aromatic heterocycles. The number of aryl methyl sites for hydroxylation is 2. The Labute approximate surface area is 133 Å². The van der Waals surface area contributed by atoms with E-state index in [0.29, 0.717) is 6.04 Å². The van der Waals surface area contributed by atoms with E-state index in [1.807, 2.05) is 11.8 Å². The minimum atomic E-state index is 0.413. The van der Waals surface area contributed by atoms with Crippen molar-refractivity contribution >= 4 is 11.8 Å². The van der Waals surface area contributed by atoms with Crippen LogP contribution < -0.4 is 5.32 Å². The first-order chi connectivity index (χ1) is 10.2. The van der Waals surface area contributed by atoms with Gasteiger partial charge in [0.15, 0.2) is 0 Å². The van der Waals surface area contributed by atoms with Crippen LogP contribution in [0.15, 0.2) is 53.4 Å². The number of rotatable bonds is 7. The second kappa shape index (κ2) is 8.26. The van der Waals surface area contributed by atoms with Crippen molar-refractivity contribution in [2.45, 2.75) is 38.1 Å². The zero-order valence-electron chi connectivity index (χ0n) is 13.2. The molecule has 0 aliphatic rings. The highest BCUT2D eigenvalue weighted by Crippen LogP contribution is 2.28. The highest BCUT2D eigenvalue weighted by atomic mass is 32.2. The molecule has 0 aliphatic carbocycles. The zero-order chi connectivity index (χ0) is 15.1. The van der Waals surface area contributed by atoms with Crippen LogP contribution in [0.3, 0.4) is 0 Å². The second-order valence-corrected chi connectivity index (χ2v) is 6.56. The maximum Gasteiger partial charge on any atom is 0.0415 e. The Kier molecular flexibility index (Phi) is 6.34. The molecule has 1 unspecified atom stereocenters. The first-order valence-electron chi connectivity index (χ1n) is 7.69. The van der Waals surface area contributed by atoms with Gasteiger partial charge in [0.05, 0.1) is 0 Å². The van der Waals surface area contributed by atoms with Crippen LogP contribution in [0.2, 0.25) is 0 Å². The van der Waals surface area contributed by atoms with Crippen LogP contribution in [-0.2, 0) is 0 Å². The molecule has 0 radical (unpaired) electrons. The molecule has 1 nitrogen and oxygen atoms in total. The van der Waals surface area contributed by atoms with Gasteiger partial charge in [0.25, 0.3) is 0 Å². The van der Waals surface area contributed by atoms with Crippen molar-refractivity contribution in [3.8, 4) is 0 Å². The van der Waals surface area contributed by atoms with E-state index in [0.717, 1.165) is 18.7 Å². The minimum Gasteiger partial charge on any atom is -0.309 e. The summed E-state index contributed by atoms with van der Waals surface area (Å²) in [5, 5.41) is 3.67. The maximum atomic E-state index is 3.67. The molecule has 0 saturated heterocycles. The second-order valence-electron chi connectivity index (χ2n) is 5.50. The van der Waals surface area contributed by atoms with Crippen molar-refractivity contribution in [2.24, 2.45) is 0 Å². The highest BCUT2D eigenvalue weighted by molar-refractivity contribution is 7.99. The molecule has 0 amide bonds.